The van der Waals surface area contributed by atoms with Crippen LogP contribution in [0, 0.1) is 5.92 Å². The molecule has 2 aliphatic rings. The van der Waals surface area contributed by atoms with Gasteiger partial charge in [0.15, 0.2) is 0 Å². The van der Waals surface area contributed by atoms with E-state index in [9.17, 15) is 14.4 Å². The van der Waals surface area contributed by atoms with Crippen LogP contribution in [0.3, 0.4) is 0 Å². The Kier molecular flexibility index (Phi) is 7.50. The van der Waals surface area contributed by atoms with Gasteiger partial charge in [0.1, 0.15) is 18.1 Å². The maximum atomic E-state index is 14.0. The fraction of sp³-hybridized carbons (Fsp3) is 0.206. The number of fused-ring (bicyclic) bond motifs is 4. The molecule has 1 N–H and O–H groups in total. The zero-order valence-electron chi connectivity index (χ0n) is 22.6. The number of nitrogens with zero attached hydrogens (tertiary/aromatic N) is 2. The summed E-state index contributed by atoms with van der Waals surface area (Å²) in [5.41, 5.74) is 3.50. The summed E-state index contributed by atoms with van der Waals surface area (Å²) in [4.78, 5) is 41.3. The average Bonchev–Trinajstić information content (AvgIpc) is 3.01. The van der Waals surface area contributed by atoms with Crippen LogP contribution in [0.4, 0.5) is 0 Å². The van der Waals surface area contributed by atoms with Crippen LogP contribution in [0.5, 0.6) is 5.75 Å². The molecule has 2 unspecified atom stereocenters. The lowest BCUT2D eigenvalue weighted by Crippen LogP contribution is -2.50. The van der Waals surface area contributed by atoms with E-state index in [4.69, 9.17) is 4.74 Å². The number of piperidine rings is 1. The van der Waals surface area contributed by atoms with Gasteiger partial charge in [-0.1, -0.05) is 66.7 Å². The minimum absolute atomic E-state index is 0.00359. The summed E-state index contributed by atoms with van der Waals surface area (Å²) in [6, 6.07) is 31.6. The van der Waals surface area contributed by atoms with Crippen molar-refractivity contribution < 1.29 is 14.3 Å². The first kappa shape index (κ1) is 26.3. The molecule has 0 radical (unpaired) electrons. The lowest BCUT2D eigenvalue weighted by molar-refractivity contribution is -0.130. The third kappa shape index (κ3) is 5.99. The normalized spacial score (nSPS) is 17.9. The summed E-state index contributed by atoms with van der Waals surface area (Å²) < 4.78 is 7.75. The molecular formula is C34H31N3O4. The van der Waals surface area contributed by atoms with Crippen molar-refractivity contribution in [1.29, 1.82) is 0 Å². The van der Waals surface area contributed by atoms with E-state index in [1.807, 2.05) is 76.2 Å². The van der Waals surface area contributed by atoms with E-state index in [0.717, 1.165) is 23.2 Å². The molecule has 2 amide bonds. The standard InChI is InChI=1S/C34H31N3O4/c38-32-13-7-12-31-28-18-26(21-37(31)32)20-36(22-28)34(40)30(35-33(39)27-10-5-2-6-11-27)19-24-14-16-29(17-15-24)41-23-25-8-3-1-4-9-25/h1-17,19,26,28H,18,20-23H2,(H,35,39)/b30-19-. The Balaban J connectivity index is 1.24. The second-order valence-electron chi connectivity index (χ2n) is 10.6. The molecule has 1 aromatic heterocycles. The largest absolute Gasteiger partial charge is 0.489 e. The number of aromatic nitrogens is 1. The quantitative estimate of drug-likeness (QED) is 0.337. The molecule has 1 fully saturated rings. The van der Waals surface area contributed by atoms with Crippen molar-refractivity contribution in [2.24, 2.45) is 5.92 Å². The van der Waals surface area contributed by atoms with Gasteiger partial charge in [-0.2, -0.15) is 0 Å². The summed E-state index contributed by atoms with van der Waals surface area (Å²) in [6.45, 7) is 2.07. The highest BCUT2D eigenvalue weighted by Gasteiger charge is 2.37. The van der Waals surface area contributed by atoms with Crippen molar-refractivity contribution in [3.63, 3.8) is 0 Å². The number of likely N-dealkylation sites (tertiary alicyclic amines) is 1. The van der Waals surface area contributed by atoms with E-state index in [-0.39, 0.29) is 34.9 Å². The van der Waals surface area contributed by atoms with E-state index >= 15 is 0 Å². The maximum absolute atomic E-state index is 14.0. The molecule has 0 saturated carbocycles. The van der Waals surface area contributed by atoms with Gasteiger partial charge >= 0.3 is 0 Å². The molecule has 3 aromatic carbocycles. The molecule has 1 saturated heterocycles. The minimum Gasteiger partial charge on any atom is -0.489 e. The van der Waals surface area contributed by atoms with Crippen molar-refractivity contribution in [1.82, 2.24) is 14.8 Å². The number of pyridine rings is 1. The molecule has 7 nitrogen and oxygen atoms in total. The Bertz CT molecular complexity index is 1630. The Labute approximate surface area is 238 Å². The SMILES string of the molecule is O=C(N/C(=C\c1ccc(OCc2ccccc2)cc1)C(=O)N1CC2CC(C1)c1cccc(=O)n1C2)c1ccccc1. The zero-order chi connectivity index (χ0) is 28.2. The molecule has 3 heterocycles. The first-order valence-corrected chi connectivity index (χ1v) is 13.9. The van der Waals surface area contributed by atoms with Crippen LogP contribution in [0.15, 0.2) is 114 Å². The Hall–Kier alpha value is -4.91. The maximum Gasteiger partial charge on any atom is 0.270 e. The third-order valence-electron chi connectivity index (χ3n) is 7.72. The molecule has 2 atom stereocenters. The van der Waals surface area contributed by atoms with Gasteiger partial charge in [-0.05, 0) is 59.9 Å². The van der Waals surface area contributed by atoms with E-state index in [2.05, 4.69) is 5.32 Å². The van der Waals surface area contributed by atoms with Crippen molar-refractivity contribution in [3.05, 3.63) is 142 Å². The van der Waals surface area contributed by atoms with Gasteiger partial charge in [-0.3, -0.25) is 14.4 Å². The highest BCUT2D eigenvalue weighted by atomic mass is 16.5. The predicted octanol–water partition coefficient (Wildman–Crippen LogP) is 4.84. The van der Waals surface area contributed by atoms with Crippen LogP contribution in [-0.2, 0) is 17.9 Å². The van der Waals surface area contributed by atoms with Crippen LogP contribution in [0.25, 0.3) is 6.08 Å². The molecule has 41 heavy (non-hydrogen) atoms. The zero-order valence-corrected chi connectivity index (χ0v) is 22.6. The van der Waals surface area contributed by atoms with Crippen LogP contribution in [0.1, 0.15) is 39.5 Å². The number of rotatable bonds is 7. The molecular weight excluding hydrogens is 514 g/mol. The number of hydrogen-bond acceptors (Lipinski definition) is 4. The number of nitrogens with one attached hydrogen (secondary N) is 1. The Morgan fingerprint density at radius 3 is 2.32 bits per heavy atom. The van der Waals surface area contributed by atoms with Crippen LogP contribution in [0.2, 0.25) is 0 Å². The first-order valence-electron chi connectivity index (χ1n) is 13.9. The van der Waals surface area contributed by atoms with E-state index in [0.29, 0.717) is 37.6 Å². The monoisotopic (exact) mass is 545 g/mol. The molecule has 2 bridgehead atoms. The van der Waals surface area contributed by atoms with Crippen LogP contribution >= 0.6 is 0 Å². The van der Waals surface area contributed by atoms with Gasteiger partial charge < -0.3 is 19.5 Å². The van der Waals surface area contributed by atoms with Gasteiger partial charge in [0, 0.05) is 42.9 Å². The van der Waals surface area contributed by atoms with E-state index in [1.165, 1.54) is 0 Å². The fourth-order valence-corrected chi connectivity index (χ4v) is 5.74. The number of hydrogen-bond donors (Lipinski definition) is 1. The molecule has 206 valence electrons. The predicted molar refractivity (Wildman–Crippen MR) is 157 cm³/mol. The Morgan fingerprint density at radius 2 is 1.56 bits per heavy atom. The third-order valence-corrected chi connectivity index (χ3v) is 7.72. The smallest absolute Gasteiger partial charge is 0.270 e. The summed E-state index contributed by atoms with van der Waals surface area (Å²) >= 11 is 0. The fourth-order valence-electron chi connectivity index (χ4n) is 5.74. The van der Waals surface area contributed by atoms with Crippen molar-refractivity contribution in [2.75, 3.05) is 13.1 Å². The van der Waals surface area contributed by atoms with Gasteiger partial charge in [-0.25, -0.2) is 0 Å². The molecule has 0 spiro atoms. The Morgan fingerprint density at radius 1 is 0.829 bits per heavy atom. The number of benzene rings is 3. The van der Waals surface area contributed by atoms with Crippen molar-refractivity contribution >= 4 is 17.9 Å². The second-order valence-corrected chi connectivity index (χ2v) is 10.6. The molecule has 2 aliphatic heterocycles. The number of ether oxygens (including phenoxy) is 1. The number of carbonyl (C=O) groups excluding carboxylic acids is 2. The lowest BCUT2D eigenvalue weighted by Gasteiger charge is -2.43. The summed E-state index contributed by atoms with van der Waals surface area (Å²) in [7, 11) is 0. The van der Waals surface area contributed by atoms with Crippen molar-refractivity contribution in [2.45, 2.75) is 25.5 Å². The topological polar surface area (TPSA) is 80.6 Å². The number of carbonyl (C=O) groups is 2. The van der Waals surface area contributed by atoms with E-state index in [1.54, 1.807) is 42.5 Å². The van der Waals surface area contributed by atoms with Gasteiger partial charge in [0.05, 0.1) is 0 Å². The molecule has 6 rings (SSSR count). The van der Waals surface area contributed by atoms with Crippen LogP contribution < -0.4 is 15.6 Å². The second kappa shape index (κ2) is 11.7. The minimum atomic E-state index is -0.345. The highest BCUT2D eigenvalue weighted by molar-refractivity contribution is 6.05. The van der Waals surface area contributed by atoms with Crippen molar-refractivity contribution in [3.8, 4) is 5.75 Å². The highest BCUT2D eigenvalue weighted by Crippen LogP contribution is 2.35. The van der Waals surface area contributed by atoms with Gasteiger partial charge in [0.25, 0.3) is 17.4 Å². The first-order chi connectivity index (χ1) is 20.0. The molecule has 0 aliphatic carbocycles. The van der Waals surface area contributed by atoms with E-state index < -0.39 is 0 Å². The summed E-state index contributed by atoms with van der Waals surface area (Å²) in [6.07, 6.45) is 2.65. The summed E-state index contributed by atoms with van der Waals surface area (Å²) in [5, 5.41) is 2.88. The van der Waals surface area contributed by atoms with Gasteiger partial charge in [-0.15, -0.1) is 0 Å². The van der Waals surface area contributed by atoms with Crippen LogP contribution in [-0.4, -0.2) is 34.4 Å². The number of amides is 2. The summed E-state index contributed by atoms with van der Waals surface area (Å²) in [5.74, 6) is 0.386. The molecule has 4 aromatic rings. The van der Waals surface area contributed by atoms with Gasteiger partial charge in [0.2, 0.25) is 0 Å². The molecule has 7 heteroatoms. The average molecular weight is 546 g/mol. The lowest BCUT2D eigenvalue weighted by atomic mass is 9.83.